The predicted octanol–water partition coefficient (Wildman–Crippen LogP) is 3.85. The normalized spacial score (nSPS) is 31.5. The van der Waals surface area contributed by atoms with Gasteiger partial charge < -0.3 is 5.11 Å². The van der Waals surface area contributed by atoms with Crippen LogP contribution >= 0.6 is 0 Å². The maximum absolute atomic E-state index is 11.6. The summed E-state index contributed by atoms with van der Waals surface area (Å²) in [6, 6.07) is 0. The molecule has 0 amide bonds. The lowest BCUT2D eigenvalue weighted by molar-refractivity contribution is -0.156. The van der Waals surface area contributed by atoms with Gasteiger partial charge in [0, 0.05) is 0 Å². The second-order valence-electron chi connectivity index (χ2n) is 4.94. The van der Waals surface area contributed by atoms with E-state index >= 15 is 0 Å². The monoisotopic (exact) mass is 212 g/mol. The molecule has 0 aromatic carbocycles. The van der Waals surface area contributed by atoms with Crippen molar-refractivity contribution in [1.29, 1.82) is 0 Å². The van der Waals surface area contributed by atoms with Gasteiger partial charge in [-0.05, 0) is 31.6 Å². The molecule has 2 nitrogen and oxygen atoms in total. The summed E-state index contributed by atoms with van der Waals surface area (Å²) in [7, 11) is 0. The molecule has 0 radical (unpaired) electrons. The Bertz CT molecular complexity index is 207. The molecule has 0 heterocycles. The van der Waals surface area contributed by atoms with Crippen LogP contribution in [-0.2, 0) is 4.79 Å². The Kier molecular flexibility index (Phi) is 4.62. The lowest BCUT2D eigenvalue weighted by atomic mass is 9.62. The minimum absolute atomic E-state index is 0.386. The summed E-state index contributed by atoms with van der Waals surface area (Å²) in [6.07, 6.45) is 8.42. The van der Waals surface area contributed by atoms with Crippen molar-refractivity contribution in [2.24, 2.45) is 11.3 Å². The van der Waals surface area contributed by atoms with Gasteiger partial charge in [-0.25, -0.2) is 0 Å². The predicted molar refractivity (Wildman–Crippen MR) is 61.8 cm³/mol. The van der Waals surface area contributed by atoms with E-state index in [1.54, 1.807) is 0 Å². The van der Waals surface area contributed by atoms with E-state index in [0.29, 0.717) is 5.92 Å². The molecule has 2 heteroatoms. The Morgan fingerprint density at radius 2 is 2.07 bits per heavy atom. The zero-order valence-electron chi connectivity index (χ0n) is 10.1. The van der Waals surface area contributed by atoms with Crippen molar-refractivity contribution in [3.8, 4) is 0 Å². The van der Waals surface area contributed by atoms with Gasteiger partial charge in [0.25, 0.3) is 0 Å². The largest absolute Gasteiger partial charge is 0.481 e. The minimum Gasteiger partial charge on any atom is -0.481 e. The lowest BCUT2D eigenvalue weighted by Crippen LogP contribution is -2.41. The molecular weight excluding hydrogens is 188 g/mol. The highest BCUT2D eigenvalue weighted by Crippen LogP contribution is 2.47. The third-order valence-electron chi connectivity index (χ3n) is 3.97. The van der Waals surface area contributed by atoms with Crippen molar-refractivity contribution >= 4 is 5.97 Å². The molecule has 0 saturated heterocycles. The summed E-state index contributed by atoms with van der Waals surface area (Å²) >= 11 is 0. The molecule has 2 atom stereocenters. The van der Waals surface area contributed by atoms with Crippen LogP contribution in [0.5, 0.6) is 0 Å². The third kappa shape index (κ3) is 2.53. The van der Waals surface area contributed by atoms with Gasteiger partial charge >= 0.3 is 5.97 Å². The second kappa shape index (κ2) is 5.53. The number of carbonyl (C=O) groups is 1. The second-order valence-corrected chi connectivity index (χ2v) is 4.94. The van der Waals surface area contributed by atoms with E-state index in [-0.39, 0.29) is 5.41 Å². The average molecular weight is 212 g/mol. The van der Waals surface area contributed by atoms with E-state index in [1.165, 1.54) is 6.42 Å². The summed E-state index contributed by atoms with van der Waals surface area (Å²) in [5.41, 5.74) is -0.386. The van der Waals surface area contributed by atoms with E-state index in [4.69, 9.17) is 0 Å². The Labute approximate surface area is 93.1 Å². The van der Waals surface area contributed by atoms with Gasteiger partial charge in [0.1, 0.15) is 0 Å². The maximum Gasteiger partial charge on any atom is 0.309 e. The number of hydrogen-bond acceptors (Lipinski definition) is 1. The zero-order chi connectivity index (χ0) is 11.3. The molecule has 0 aromatic rings. The van der Waals surface area contributed by atoms with Gasteiger partial charge in [-0.1, -0.05) is 39.5 Å². The molecule has 15 heavy (non-hydrogen) atoms. The smallest absolute Gasteiger partial charge is 0.309 e. The van der Waals surface area contributed by atoms with E-state index in [9.17, 15) is 9.90 Å². The molecule has 0 aliphatic heterocycles. The SMILES string of the molecule is CCCC1CCCCC1(CCC)C(=O)O. The van der Waals surface area contributed by atoms with Crippen LogP contribution in [0.2, 0.25) is 0 Å². The van der Waals surface area contributed by atoms with E-state index in [2.05, 4.69) is 13.8 Å². The topological polar surface area (TPSA) is 37.3 Å². The van der Waals surface area contributed by atoms with Gasteiger partial charge in [0.05, 0.1) is 5.41 Å². The summed E-state index contributed by atoms with van der Waals surface area (Å²) < 4.78 is 0. The highest BCUT2D eigenvalue weighted by Gasteiger charge is 2.45. The number of hydrogen-bond donors (Lipinski definition) is 1. The van der Waals surface area contributed by atoms with Gasteiger partial charge in [-0.2, -0.15) is 0 Å². The first kappa shape index (κ1) is 12.5. The van der Waals surface area contributed by atoms with Gasteiger partial charge in [-0.15, -0.1) is 0 Å². The fraction of sp³-hybridized carbons (Fsp3) is 0.923. The Morgan fingerprint density at radius 3 is 2.60 bits per heavy atom. The number of aliphatic carboxylic acids is 1. The summed E-state index contributed by atoms with van der Waals surface area (Å²) in [4.78, 5) is 11.6. The molecule has 1 fully saturated rings. The molecule has 1 saturated carbocycles. The molecule has 1 aliphatic rings. The van der Waals surface area contributed by atoms with Crippen molar-refractivity contribution in [3.05, 3.63) is 0 Å². The quantitative estimate of drug-likeness (QED) is 0.751. The maximum atomic E-state index is 11.6. The fourth-order valence-corrected chi connectivity index (χ4v) is 3.24. The minimum atomic E-state index is -0.539. The van der Waals surface area contributed by atoms with Crippen LogP contribution in [0.3, 0.4) is 0 Å². The standard InChI is InChI=1S/C13H24O2/c1-3-7-11-8-5-6-10-13(11,9-4-2)12(14)15/h11H,3-10H2,1-2H3,(H,14,15). The molecule has 2 unspecified atom stereocenters. The van der Waals surface area contributed by atoms with Crippen LogP contribution in [0, 0.1) is 11.3 Å². The molecule has 1 rings (SSSR count). The lowest BCUT2D eigenvalue weighted by Gasteiger charge is -2.41. The zero-order valence-corrected chi connectivity index (χ0v) is 10.1. The first-order chi connectivity index (χ1) is 7.17. The number of rotatable bonds is 5. The first-order valence-corrected chi connectivity index (χ1v) is 6.40. The van der Waals surface area contributed by atoms with Crippen molar-refractivity contribution in [2.75, 3.05) is 0 Å². The van der Waals surface area contributed by atoms with E-state index in [0.717, 1.165) is 44.9 Å². The Morgan fingerprint density at radius 1 is 1.33 bits per heavy atom. The van der Waals surface area contributed by atoms with Crippen molar-refractivity contribution in [2.45, 2.75) is 65.2 Å². The van der Waals surface area contributed by atoms with E-state index in [1.807, 2.05) is 0 Å². The molecule has 0 spiro atoms. The summed E-state index contributed by atoms with van der Waals surface area (Å²) in [5.74, 6) is -0.115. The Balaban J connectivity index is 2.83. The summed E-state index contributed by atoms with van der Waals surface area (Å²) in [6.45, 7) is 4.26. The van der Waals surface area contributed by atoms with Gasteiger partial charge in [0.2, 0.25) is 0 Å². The first-order valence-electron chi connectivity index (χ1n) is 6.40. The molecule has 1 N–H and O–H groups in total. The van der Waals surface area contributed by atoms with Crippen LogP contribution in [0.1, 0.15) is 65.2 Å². The summed E-state index contributed by atoms with van der Waals surface area (Å²) in [5, 5.41) is 9.52. The van der Waals surface area contributed by atoms with Gasteiger partial charge in [-0.3, -0.25) is 4.79 Å². The number of carboxylic acids is 1. The van der Waals surface area contributed by atoms with Crippen LogP contribution < -0.4 is 0 Å². The molecule has 1 aliphatic carbocycles. The highest BCUT2D eigenvalue weighted by atomic mass is 16.4. The van der Waals surface area contributed by atoms with Crippen LogP contribution in [0.15, 0.2) is 0 Å². The molecule has 0 bridgehead atoms. The molecular formula is C13H24O2. The number of carboxylic acid groups (broad SMARTS) is 1. The van der Waals surface area contributed by atoms with Crippen molar-refractivity contribution < 1.29 is 9.90 Å². The van der Waals surface area contributed by atoms with Crippen LogP contribution in [-0.4, -0.2) is 11.1 Å². The fourth-order valence-electron chi connectivity index (χ4n) is 3.24. The average Bonchev–Trinajstić information content (AvgIpc) is 2.21. The van der Waals surface area contributed by atoms with Crippen molar-refractivity contribution in [3.63, 3.8) is 0 Å². The van der Waals surface area contributed by atoms with E-state index < -0.39 is 5.97 Å². The molecule has 0 aromatic heterocycles. The van der Waals surface area contributed by atoms with Crippen LogP contribution in [0.25, 0.3) is 0 Å². The molecule has 88 valence electrons. The van der Waals surface area contributed by atoms with Gasteiger partial charge in [0.15, 0.2) is 0 Å². The highest BCUT2D eigenvalue weighted by molar-refractivity contribution is 5.75. The van der Waals surface area contributed by atoms with Crippen molar-refractivity contribution in [1.82, 2.24) is 0 Å². The Hall–Kier alpha value is -0.530. The van der Waals surface area contributed by atoms with Crippen LogP contribution in [0.4, 0.5) is 0 Å². The third-order valence-corrected chi connectivity index (χ3v) is 3.97.